The molecule has 8 nitrogen and oxygen atoms in total. The summed E-state index contributed by atoms with van der Waals surface area (Å²) in [5.74, 6) is -1.28. The van der Waals surface area contributed by atoms with Gasteiger partial charge in [0.1, 0.15) is 0 Å². The molecule has 0 unspecified atom stereocenters. The lowest BCUT2D eigenvalue weighted by molar-refractivity contribution is -0.122. The van der Waals surface area contributed by atoms with Crippen LogP contribution in [0.4, 0.5) is 0 Å². The molecule has 0 fully saturated rings. The van der Waals surface area contributed by atoms with Gasteiger partial charge in [-0.25, -0.2) is 0 Å². The molecule has 1 aromatic heterocycles. The predicted octanol–water partition coefficient (Wildman–Crippen LogP) is 1.70. The fraction of sp³-hybridized carbons (Fsp3) is 0.250. The number of nitrogens with zero attached hydrogens (tertiary/aromatic N) is 2. The van der Waals surface area contributed by atoms with Crippen molar-refractivity contribution in [2.75, 3.05) is 6.54 Å². The molecule has 0 saturated carbocycles. The number of rotatable bonds is 7. The van der Waals surface area contributed by atoms with Gasteiger partial charge in [0.15, 0.2) is 0 Å². The van der Waals surface area contributed by atoms with Crippen LogP contribution in [-0.4, -0.2) is 40.1 Å². The SMILES string of the molecule is O=C(CCCCCN1C(=O)c2ccccc2C1=O)NNC(=O)c1cccnc1. The number of carbonyl (C=O) groups is 4. The van der Waals surface area contributed by atoms with Crippen molar-refractivity contribution in [2.45, 2.75) is 25.7 Å². The lowest BCUT2D eigenvalue weighted by Crippen LogP contribution is -2.41. The molecule has 3 rings (SSSR count). The summed E-state index contributed by atoms with van der Waals surface area (Å²) in [4.78, 5) is 53.1. The number of pyridine rings is 1. The molecule has 1 aliphatic heterocycles. The van der Waals surface area contributed by atoms with Crippen LogP contribution in [0.1, 0.15) is 56.8 Å². The number of hydrogen-bond acceptors (Lipinski definition) is 5. The van der Waals surface area contributed by atoms with Gasteiger partial charge in [-0.3, -0.25) is 39.9 Å². The van der Waals surface area contributed by atoms with Crippen LogP contribution >= 0.6 is 0 Å². The Balaban J connectivity index is 1.33. The number of fused-ring (bicyclic) bond motifs is 1. The molecule has 0 spiro atoms. The summed E-state index contributed by atoms with van der Waals surface area (Å²) in [5.41, 5.74) is 5.92. The van der Waals surface area contributed by atoms with Gasteiger partial charge in [0.25, 0.3) is 17.7 Å². The zero-order chi connectivity index (χ0) is 19.9. The average Bonchev–Trinajstić information content (AvgIpc) is 2.97. The topological polar surface area (TPSA) is 108 Å². The number of hydrogen-bond donors (Lipinski definition) is 2. The van der Waals surface area contributed by atoms with E-state index in [4.69, 9.17) is 0 Å². The van der Waals surface area contributed by atoms with Crippen molar-refractivity contribution in [3.05, 3.63) is 65.5 Å². The van der Waals surface area contributed by atoms with E-state index in [0.717, 1.165) is 0 Å². The van der Waals surface area contributed by atoms with Gasteiger partial charge in [-0.2, -0.15) is 0 Å². The van der Waals surface area contributed by atoms with E-state index in [-0.39, 0.29) is 24.1 Å². The van der Waals surface area contributed by atoms with Crippen LogP contribution in [0.2, 0.25) is 0 Å². The zero-order valence-electron chi connectivity index (χ0n) is 15.2. The van der Waals surface area contributed by atoms with Crippen LogP contribution in [0.25, 0.3) is 0 Å². The Kier molecular flexibility index (Phi) is 6.11. The van der Waals surface area contributed by atoms with Crippen molar-refractivity contribution in [1.82, 2.24) is 20.7 Å². The van der Waals surface area contributed by atoms with E-state index in [1.807, 2.05) is 0 Å². The molecule has 4 amide bonds. The Morgan fingerprint density at radius 1 is 0.893 bits per heavy atom. The van der Waals surface area contributed by atoms with E-state index in [1.54, 1.807) is 42.6 Å². The first-order valence-corrected chi connectivity index (χ1v) is 9.02. The molecule has 28 heavy (non-hydrogen) atoms. The average molecular weight is 380 g/mol. The molecule has 1 aliphatic rings. The molecule has 144 valence electrons. The fourth-order valence-corrected chi connectivity index (χ4v) is 2.93. The van der Waals surface area contributed by atoms with Gasteiger partial charge in [-0.05, 0) is 37.1 Å². The third-order valence-corrected chi connectivity index (χ3v) is 4.40. The maximum atomic E-state index is 12.2. The second-order valence-corrected chi connectivity index (χ2v) is 6.36. The Labute approximate surface area is 161 Å². The number of imide groups is 1. The number of benzene rings is 1. The normalized spacial score (nSPS) is 12.6. The summed E-state index contributed by atoms with van der Waals surface area (Å²) in [6.07, 6.45) is 5.06. The minimum atomic E-state index is -0.438. The van der Waals surface area contributed by atoms with Crippen molar-refractivity contribution in [3.8, 4) is 0 Å². The van der Waals surface area contributed by atoms with Gasteiger partial charge in [0, 0.05) is 25.4 Å². The van der Waals surface area contributed by atoms with E-state index in [0.29, 0.717) is 42.5 Å². The molecule has 0 radical (unpaired) electrons. The number of hydrazine groups is 1. The van der Waals surface area contributed by atoms with Gasteiger partial charge in [0.2, 0.25) is 5.91 Å². The Bertz CT molecular complexity index is 863. The largest absolute Gasteiger partial charge is 0.274 e. The quantitative estimate of drug-likeness (QED) is 0.432. The Morgan fingerprint density at radius 2 is 1.61 bits per heavy atom. The number of amides is 4. The summed E-state index contributed by atoms with van der Waals surface area (Å²) < 4.78 is 0. The summed E-state index contributed by atoms with van der Waals surface area (Å²) in [6, 6.07) is 10.00. The van der Waals surface area contributed by atoms with E-state index in [1.165, 1.54) is 11.1 Å². The minimum Gasteiger partial charge on any atom is -0.274 e. The smallest absolute Gasteiger partial charge is 0.271 e. The number of unbranched alkanes of at least 4 members (excludes halogenated alkanes) is 2. The first kappa shape index (κ1) is 19.2. The predicted molar refractivity (Wildman–Crippen MR) is 100 cm³/mol. The van der Waals surface area contributed by atoms with E-state index in [2.05, 4.69) is 15.8 Å². The summed E-state index contributed by atoms with van der Waals surface area (Å²) >= 11 is 0. The Hall–Kier alpha value is -3.55. The van der Waals surface area contributed by atoms with E-state index in [9.17, 15) is 19.2 Å². The maximum Gasteiger partial charge on any atom is 0.271 e. The first-order valence-electron chi connectivity index (χ1n) is 9.02. The highest BCUT2D eigenvalue weighted by atomic mass is 16.2. The summed E-state index contributed by atoms with van der Waals surface area (Å²) in [6.45, 7) is 0.325. The van der Waals surface area contributed by atoms with Crippen LogP contribution in [0, 0.1) is 0 Å². The second kappa shape index (κ2) is 8.90. The van der Waals surface area contributed by atoms with Crippen LogP contribution < -0.4 is 10.9 Å². The number of carbonyl (C=O) groups excluding carboxylic acids is 4. The Morgan fingerprint density at radius 3 is 2.25 bits per heavy atom. The minimum absolute atomic E-state index is 0.232. The molecule has 0 saturated heterocycles. The van der Waals surface area contributed by atoms with Gasteiger partial charge in [-0.15, -0.1) is 0 Å². The summed E-state index contributed by atoms with van der Waals surface area (Å²) in [5, 5.41) is 0. The van der Waals surface area contributed by atoms with E-state index >= 15 is 0 Å². The van der Waals surface area contributed by atoms with E-state index < -0.39 is 5.91 Å². The van der Waals surface area contributed by atoms with Crippen molar-refractivity contribution in [3.63, 3.8) is 0 Å². The molecular weight excluding hydrogens is 360 g/mol. The molecule has 8 heteroatoms. The van der Waals surface area contributed by atoms with Crippen molar-refractivity contribution in [1.29, 1.82) is 0 Å². The third-order valence-electron chi connectivity index (χ3n) is 4.40. The molecule has 2 aromatic rings. The molecule has 1 aromatic carbocycles. The van der Waals surface area contributed by atoms with Gasteiger partial charge >= 0.3 is 0 Å². The third kappa shape index (κ3) is 4.40. The standard InChI is InChI=1S/C20H20N4O4/c25-17(22-23-18(26)14-7-6-11-21-13-14)10-2-1-5-12-24-19(27)15-8-3-4-9-16(15)20(24)28/h3-4,6-9,11,13H,1-2,5,10,12H2,(H,22,25)(H,23,26). The first-order chi connectivity index (χ1) is 13.6. The molecule has 2 heterocycles. The van der Waals surface area contributed by atoms with Gasteiger partial charge in [0.05, 0.1) is 16.7 Å². The van der Waals surface area contributed by atoms with Crippen LogP contribution in [-0.2, 0) is 4.79 Å². The molecule has 0 bridgehead atoms. The van der Waals surface area contributed by atoms with Crippen molar-refractivity contribution < 1.29 is 19.2 Å². The molecular formula is C20H20N4O4. The highest BCUT2D eigenvalue weighted by Crippen LogP contribution is 2.22. The highest BCUT2D eigenvalue weighted by Gasteiger charge is 2.34. The summed E-state index contributed by atoms with van der Waals surface area (Å²) in [7, 11) is 0. The van der Waals surface area contributed by atoms with Crippen LogP contribution in [0.5, 0.6) is 0 Å². The zero-order valence-corrected chi connectivity index (χ0v) is 15.2. The maximum absolute atomic E-state index is 12.2. The van der Waals surface area contributed by atoms with Gasteiger partial charge < -0.3 is 0 Å². The second-order valence-electron chi connectivity index (χ2n) is 6.36. The van der Waals surface area contributed by atoms with Crippen LogP contribution in [0.3, 0.4) is 0 Å². The molecule has 0 atom stereocenters. The molecule has 2 N–H and O–H groups in total. The van der Waals surface area contributed by atoms with Crippen molar-refractivity contribution >= 4 is 23.6 Å². The van der Waals surface area contributed by atoms with Crippen LogP contribution in [0.15, 0.2) is 48.8 Å². The molecule has 0 aliphatic carbocycles. The lowest BCUT2D eigenvalue weighted by Gasteiger charge is -2.13. The highest BCUT2D eigenvalue weighted by molar-refractivity contribution is 6.21. The monoisotopic (exact) mass is 380 g/mol. The number of aromatic nitrogens is 1. The lowest BCUT2D eigenvalue weighted by atomic mass is 10.1. The van der Waals surface area contributed by atoms with Gasteiger partial charge in [-0.1, -0.05) is 18.6 Å². The fourth-order valence-electron chi connectivity index (χ4n) is 2.93. The number of nitrogens with one attached hydrogen (secondary N) is 2. The van der Waals surface area contributed by atoms with Crippen molar-refractivity contribution in [2.24, 2.45) is 0 Å².